The van der Waals surface area contributed by atoms with E-state index in [0.717, 1.165) is 67.5 Å². The molecule has 0 atom stereocenters. The summed E-state index contributed by atoms with van der Waals surface area (Å²) in [4.78, 5) is 26.0. The number of ether oxygens (including phenoxy) is 1. The first kappa shape index (κ1) is 26.6. The molecule has 1 spiro atoms. The van der Waals surface area contributed by atoms with Gasteiger partial charge in [-0.25, -0.2) is 4.79 Å². The van der Waals surface area contributed by atoms with Crippen molar-refractivity contribution in [3.63, 3.8) is 0 Å². The minimum absolute atomic E-state index is 0.105. The van der Waals surface area contributed by atoms with Crippen LogP contribution < -0.4 is 4.74 Å². The van der Waals surface area contributed by atoms with Crippen molar-refractivity contribution < 1.29 is 32.6 Å². The number of aliphatic carboxylic acids is 1. The molecule has 0 radical (unpaired) electrons. The summed E-state index contributed by atoms with van der Waals surface area (Å²) in [5.41, 5.74) is 1.72. The van der Waals surface area contributed by atoms with Crippen LogP contribution in [0.4, 0.5) is 13.2 Å². The van der Waals surface area contributed by atoms with E-state index in [9.17, 15) is 18.0 Å². The molecule has 198 valence electrons. The van der Waals surface area contributed by atoms with Gasteiger partial charge in [0.15, 0.2) is 5.82 Å². The predicted molar refractivity (Wildman–Crippen MR) is 129 cm³/mol. The maximum atomic E-state index is 12.8. The number of halogens is 3. The number of likely N-dealkylation sites (N-methyl/N-ethyl adjacent to an activating group) is 1. The van der Waals surface area contributed by atoms with Crippen LogP contribution >= 0.6 is 11.3 Å². The zero-order valence-corrected chi connectivity index (χ0v) is 21.1. The molecule has 0 aliphatic carbocycles. The molecule has 2 aliphatic heterocycles. The number of thiophene rings is 1. The van der Waals surface area contributed by atoms with Crippen molar-refractivity contribution in [2.45, 2.75) is 31.1 Å². The van der Waals surface area contributed by atoms with Crippen molar-refractivity contribution in [2.24, 2.45) is 0 Å². The Labute approximate surface area is 215 Å². The van der Waals surface area contributed by atoms with Crippen molar-refractivity contribution in [1.29, 1.82) is 0 Å². The number of fused-ring (bicyclic) bond motifs is 2. The van der Waals surface area contributed by atoms with Gasteiger partial charge in [-0.15, -0.1) is 10.2 Å². The van der Waals surface area contributed by atoms with Gasteiger partial charge < -0.3 is 19.3 Å². The van der Waals surface area contributed by atoms with Crippen LogP contribution in [-0.4, -0.2) is 81.5 Å². The maximum absolute atomic E-state index is 12.8. The monoisotopic (exact) mass is 537 g/mol. The first-order chi connectivity index (χ1) is 17.5. The third kappa shape index (κ3) is 5.62. The second kappa shape index (κ2) is 10.5. The number of amides is 1. The van der Waals surface area contributed by atoms with Crippen molar-refractivity contribution in [3.05, 3.63) is 52.5 Å². The van der Waals surface area contributed by atoms with E-state index in [4.69, 9.17) is 14.6 Å². The molecule has 4 heterocycles. The highest BCUT2D eigenvalue weighted by Gasteiger charge is 2.44. The van der Waals surface area contributed by atoms with E-state index < -0.39 is 12.1 Å². The van der Waals surface area contributed by atoms with Crippen LogP contribution in [0.15, 0.2) is 41.1 Å². The van der Waals surface area contributed by atoms with Crippen LogP contribution in [0.25, 0.3) is 11.4 Å². The van der Waals surface area contributed by atoms with Gasteiger partial charge in [0, 0.05) is 30.6 Å². The number of benzene rings is 1. The molecule has 0 saturated carbocycles. The average molecular weight is 538 g/mol. The smallest absolute Gasteiger partial charge is 0.490 e. The SMILES string of the molecule is COc1ccc(-c2nnc3n2C2(CCN(C(=O)c4ccsc4)CC2)CN(C)C3)cc1.O=C(O)C(F)(F)F. The van der Waals surface area contributed by atoms with Crippen molar-refractivity contribution >= 4 is 23.2 Å². The van der Waals surface area contributed by atoms with Crippen molar-refractivity contribution in [1.82, 2.24) is 24.6 Å². The molecular weight excluding hydrogens is 511 g/mol. The van der Waals surface area contributed by atoms with Gasteiger partial charge in [-0.2, -0.15) is 24.5 Å². The number of nitrogens with zero attached hydrogens (tertiary/aromatic N) is 5. The minimum Gasteiger partial charge on any atom is -0.497 e. The fraction of sp³-hybridized carbons (Fsp3) is 0.417. The summed E-state index contributed by atoms with van der Waals surface area (Å²) >= 11 is 1.56. The number of likely N-dealkylation sites (tertiary alicyclic amines) is 1. The molecule has 0 bridgehead atoms. The first-order valence-electron chi connectivity index (χ1n) is 11.4. The Bertz CT molecular complexity index is 1240. The third-order valence-electron chi connectivity index (χ3n) is 6.52. The molecule has 2 aliphatic rings. The van der Waals surface area contributed by atoms with E-state index in [-0.39, 0.29) is 11.4 Å². The lowest BCUT2D eigenvalue weighted by molar-refractivity contribution is -0.192. The number of aromatic nitrogens is 3. The Morgan fingerprint density at radius 2 is 1.76 bits per heavy atom. The van der Waals surface area contributed by atoms with Crippen LogP contribution in [0.3, 0.4) is 0 Å². The quantitative estimate of drug-likeness (QED) is 0.544. The lowest BCUT2D eigenvalue weighted by Gasteiger charge is -2.48. The van der Waals surface area contributed by atoms with Crippen LogP contribution in [0, 0.1) is 0 Å². The highest BCUT2D eigenvalue weighted by atomic mass is 32.1. The van der Waals surface area contributed by atoms with Crippen LogP contribution in [-0.2, 0) is 16.9 Å². The molecule has 1 aromatic carbocycles. The predicted octanol–water partition coefficient (Wildman–Crippen LogP) is 3.73. The van der Waals surface area contributed by atoms with E-state index in [1.165, 1.54) is 0 Å². The second-order valence-electron chi connectivity index (χ2n) is 9.01. The third-order valence-corrected chi connectivity index (χ3v) is 7.20. The number of hydrogen-bond donors (Lipinski definition) is 1. The molecule has 5 rings (SSSR count). The van der Waals surface area contributed by atoms with Gasteiger partial charge in [0.05, 0.1) is 24.8 Å². The van der Waals surface area contributed by atoms with E-state index in [0.29, 0.717) is 0 Å². The number of alkyl halides is 3. The summed E-state index contributed by atoms with van der Waals surface area (Å²) in [6, 6.07) is 9.90. The topological polar surface area (TPSA) is 101 Å². The van der Waals surface area contributed by atoms with Crippen LogP contribution in [0.1, 0.15) is 29.0 Å². The minimum atomic E-state index is -5.08. The Balaban J connectivity index is 0.000000405. The van der Waals surface area contributed by atoms with Crippen LogP contribution in [0.2, 0.25) is 0 Å². The maximum Gasteiger partial charge on any atom is 0.490 e. The number of carboxylic acid groups (broad SMARTS) is 1. The standard InChI is InChI=1S/C22H25N5O2S.C2HF3O2/c1-25-13-19-23-24-20(16-3-5-18(29-2)6-4-16)27(19)22(15-25)8-10-26(11-9-22)21(28)17-7-12-30-14-17;3-2(4,5)1(6)7/h3-7,12,14H,8-11,13,15H2,1-2H3;(H,6,7). The number of carbonyl (C=O) groups is 2. The van der Waals surface area contributed by atoms with Gasteiger partial charge >= 0.3 is 12.1 Å². The molecule has 13 heteroatoms. The summed E-state index contributed by atoms with van der Waals surface area (Å²) in [6.45, 7) is 3.19. The molecule has 1 saturated heterocycles. The zero-order chi connectivity index (χ0) is 26.8. The van der Waals surface area contributed by atoms with Crippen LogP contribution in [0.5, 0.6) is 5.75 Å². The summed E-state index contributed by atoms with van der Waals surface area (Å²) in [5, 5.41) is 20.1. The highest BCUT2D eigenvalue weighted by Crippen LogP contribution is 2.39. The highest BCUT2D eigenvalue weighted by molar-refractivity contribution is 7.08. The molecule has 1 fully saturated rings. The molecule has 2 aromatic heterocycles. The number of carboxylic acids is 1. The largest absolute Gasteiger partial charge is 0.497 e. The molecule has 1 amide bonds. The molecule has 3 aromatic rings. The van der Waals surface area contributed by atoms with E-state index in [1.54, 1.807) is 18.4 Å². The van der Waals surface area contributed by atoms with Gasteiger partial charge in [0.2, 0.25) is 0 Å². The van der Waals surface area contributed by atoms with E-state index in [1.807, 2.05) is 46.0 Å². The van der Waals surface area contributed by atoms with Gasteiger partial charge in [-0.1, -0.05) is 0 Å². The summed E-state index contributed by atoms with van der Waals surface area (Å²) in [6.07, 6.45) is -3.30. The van der Waals surface area contributed by atoms with E-state index >= 15 is 0 Å². The Morgan fingerprint density at radius 3 is 2.30 bits per heavy atom. The Morgan fingerprint density at radius 1 is 1.11 bits per heavy atom. The zero-order valence-electron chi connectivity index (χ0n) is 20.2. The number of piperidine rings is 1. The summed E-state index contributed by atoms with van der Waals surface area (Å²) < 4.78 is 39.4. The van der Waals surface area contributed by atoms with Crippen molar-refractivity contribution in [2.75, 3.05) is 33.8 Å². The fourth-order valence-corrected chi connectivity index (χ4v) is 5.42. The normalized spacial score (nSPS) is 17.1. The second-order valence-corrected chi connectivity index (χ2v) is 9.79. The van der Waals surface area contributed by atoms with E-state index in [2.05, 4.69) is 26.7 Å². The van der Waals surface area contributed by atoms with Crippen molar-refractivity contribution in [3.8, 4) is 17.1 Å². The Kier molecular flexibility index (Phi) is 7.55. The van der Waals surface area contributed by atoms with Gasteiger partial charge in [-0.3, -0.25) is 9.69 Å². The van der Waals surface area contributed by atoms with Gasteiger partial charge in [0.25, 0.3) is 5.91 Å². The lowest BCUT2D eigenvalue weighted by atomic mass is 9.84. The number of hydrogen-bond acceptors (Lipinski definition) is 7. The van der Waals surface area contributed by atoms with Gasteiger partial charge in [-0.05, 0) is 55.6 Å². The number of carbonyl (C=O) groups excluding carboxylic acids is 1. The first-order valence-corrected chi connectivity index (χ1v) is 12.4. The molecule has 37 heavy (non-hydrogen) atoms. The number of rotatable bonds is 3. The average Bonchev–Trinajstić information content (AvgIpc) is 3.55. The Hall–Kier alpha value is -3.45. The molecule has 1 N–H and O–H groups in total. The molecule has 0 unspecified atom stereocenters. The molecular formula is C24H26F3N5O4S. The summed E-state index contributed by atoms with van der Waals surface area (Å²) in [7, 11) is 3.81. The molecule has 9 nitrogen and oxygen atoms in total. The van der Waals surface area contributed by atoms with Gasteiger partial charge in [0.1, 0.15) is 11.6 Å². The fourth-order valence-electron chi connectivity index (χ4n) is 4.79. The lowest BCUT2D eigenvalue weighted by Crippen LogP contribution is -2.56. The summed E-state index contributed by atoms with van der Waals surface area (Å²) in [5.74, 6) is 0.0968. The number of methoxy groups -OCH3 is 1.